The van der Waals surface area contributed by atoms with Crippen LogP contribution in [0.1, 0.15) is 37.8 Å². The highest BCUT2D eigenvalue weighted by molar-refractivity contribution is 5.27. The maximum Gasteiger partial charge on any atom is 0.0898 e. The Morgan fingerprint density at radius 3 is 2.35 bits per heavy atom. The van der Waals surface area contributed by atoms with E-state index in [2.05, 4.69) is 31.2 Å². The molecular formula is C15H22O2. The summed E-state index contributed by atoms with van der Waals surface area (Å²) in [6.07, 6.45) is 2.94. The van der Waals surface area contributed by atoms with Gasteiger partial charge in [0.15, 0.2) is 0 Å². The zero-order valence-electron chi connectivity index (χ0n) is 10.8. The van der Waals surface area contributed by atoms with Crippen molar-refractivity contribution in [2.24, 2.45) is 5.92 Å². The molecule has 0 spiro atoms. The van der Waals surface area contributed by atoms with Crippen molar-refractivity contribution in [3.63, 3.8) is 0 Å². The summed E-state index contributed by atoms with van der Waals surface area (Å²) in [6, 6.07) is 8.36. The Morgan fingerprint density at radius 1 is 1.24 bits per heavy atom. The fourth-order valence-corrected chi connectivity index (χ4v) is 2.57. The molecule has 1 aliphatic heterocycles. The van der Waals surface area contributed by atoms with Crippen LogP contribution < -0.4 is 0 Å². The maximum absolute atomic E-state index is 10.7. The molecule has 1 N–H and O–H groups in total. The Balaban J connectivity index is 2.17. The lowest BCUT2D eigenvalue weighted by Crippen LogP contribution is -2.35. The third-order valence-corrected chi connectivity index (χ3v) is 3.96. The molecule has 1 aliphatic rings. The summed E-state index contributed by atoms with van der Waals surface area (Å²) >= 11 is 0. The van der Waals surface area contributed by atoms with Gasteiger partial charge in [-0.2, -0.15) is 0 Å². The number of ether oxygens (including phenoxy) is 1. The Labute approximate surface area is 104 Å². The monoisotopic (exact) mass is 234 g/mol. The molecule has 0 bridgehead atoms. The lowest BCUT2D eigenvalue weighted by atomic mass is 9.78. The van der Waals surface area contributed by atoms with Crippen molar-refractivity contribution in [3.05, 3.63) is 35.4 Å². The molecule has 1 aromatic carbocycles. The molecule has 2 rings (SSSR count). The standard InChI is InChI=1S/C15H22O2/c1-3-12-4-6-13(7-5-12)15(2,16)14-8-10-17-11-9-14/h4-7,14,16H,3,8-11H2,1-2H3. The van der Waals surface area contributed by atoms with E-state index >= 15 is 0 Å². The fraction of sp³-hybridized carbons (Fsp3) is 0.600. The second kappa shape index (κ2) is 5.19. The first-order valence-corrected chi connectivity index (χ1v) is 6.54. The van der Waals surface area contributed by atoms with E-state index in [1.807, 2.05) is 6.92 Å². The van der Waals surface area contributed by atoms with Crippen molar-refractivity contribution < 1.29 is 9.84 Å². The van der Waals surface area contributed by atoms with Crippen molar-refractivity contribution in [2.45, 2.75) is 38.7 Å². The van der Waals surface area contributed by atoms with Crippen molar-refractivity contribution >= 4 is 0 Å². The van der Waals surface area contributed by atoms with Crippen molar-refractivity contribution in [2.75, 3.05) is 13.2 Å². The lowest BCUT2D eigenvalue weighted by Gasteiger charge is -2.36. The van der Waals surface area contributed by atoms with Gasteiger partial charge in [-0.3, -0.25) is 0 Å². The van der Waals surface area contributed by atoms with Gasteiger partial charge in [0.1, 0.15) is 0 Å². The first kappa shape index (κ1) is 12.6. The number of rotatable bonds is 3. The van der Waals surface area contributed by atoms with Crippen molar-refractivity contribution in [1.29, 1.82) is 0 Å². The van der Waals surface area contributed by atoms with Crippen LogP contribution in [0.4, 0.5) is 0 Å². The molecule has 0 radical (unpaired) electrons. The second-order valence-electron chi connectivity index (χ2n) is 5.08. The minimum atomic E-state index is -0.726. The summed E-state index contributed by atoms with van der Waals surface area (Å²) in [4.78, 5) is 0. The molecule has 1 heterocycles. The molecule has 0 aliphatic carbocycles. The SMILES string of the molecule is CCc1ccc(C(C)(O)C2CCOCC2)cc1. The van der Waals surface area contributed by atoms with Gasteiger partial charge in [0.25, 0.3) is 0 Å². The Kier molecular flexibility index (Phi) is 3.85. The Hall–Kier alpha value is -0.860. The summed E-state index contributed by atoms with van der Waals surface area (Å²) in [5.41, 5.74) is 1.62. The van der Waals surface area contributed by atoms with Gasteiger partial charge >= 0.3 is 0 Å². The summed E-state index contributed by atoms with van der Waals surface area (Å²) in [5.74, 6) is 0.309. The maximum atomic E-state index is 10.7. The van der Waals surface area contributed by atoms with Gasteiger partial charge < -0.3 is 9.84 Å². The molecule has 94 valence electrons. The zero-order valence-corrected chi connectivity index (χ0v) is 10.8. The molecule has 1 saturated heterocycles. The van der Waals surface area contributed by atoms with Crippen LogP contribution in [0.15, 0.2) is 24.3 Å². The predicted molar refractivity (Wildman–Crippen MR) is 68.9 cm³/mol. The molecule has 1 atom stereocenters. The van der Waals surface area contributed by atoms with Crippen LogP contribution in [-0.2, 0) is 16.8 Å². The molecule has 0 saturated carbocycles. The highest BCUT2D eigenvalue weighted by Gasteiger charge is 2.34. The van der Waals surface area contributed by atoms with Crippen molar-refractivity contribution in [1.82, 2.24) is 0 Å². The molecule has 17 heavy (non-hydrogen) atoms. The normalized spacial score (nSPS) is 21.1. The van der Waals surface area contributed by atoms with E-state index < -0.39 is 5.60 Å². The highest BCUT2D eigenvalue weighted by atomic mass is 16.5. The number of aryl methyl sites for hydroxylation is 1. The first-order valence-electron chi connectivity index (χ1n) is 6.54. The van der Waals surface area contributed by atoms with Gasteiger partial charge in [0.2, 0.25) is 0 Å². The van der Waals surface area contributed by atoms with E-state index in [1.165, 1.54) is 5.56 Å². The summed E-state index contributed by atoms with van der Waals surface area (Å²) < 4.78 is 5.36. The summed E-state index contributed by atoms with van der Waals surface area (Å²) in [7, 11) is 0. The van der Waals surface area contributed by atoms with Crippen LogP contribution in [0.25, 0.3) is 0 Å². The van der Waals surface area contributed by atoms with E-state index in [0.717, 1.165) is 38.0 Å². The second-order valence-corrected chi connectivity index (χ2v) is 5.08. The molecule has 1 unspecified atom stereocenters. The van der Waals surface area contributed by atoms with Crippen LogP contribution in [0, 0.1) is 5.92 Å². The van der Waals surface area contributed by atoms with Crippen LogP contribution in [0.5, 0.6) is 0 Å². The summed E-state index contributed by atoms with van der Waals surface area (Å²) in [5, 5.41) is 10.7. The smallest absolute Gasteiger partial charge is 0.0898 e. The number of hydrogen-bond donors (Lipinski definition) is 1. The minimum Gasteiger partial charge on any atom is -0.385 e. The third kappa shape index (κ3) is 2.70. The number of benzene rings is 1. The Bertz CT molecular complexity index is 348. The first-order chi connectivity index (χ1) is 8.14. The van der Waals surface area contributed by atoms with Gasteiger partial charge in [-0.25, -0.2) is 0 Å². The largest absolute Gasteiger partial charge is 0.385 e. The van der Waals surface area contributed by atoms with E-state index in [4.69, 9.17) is 4.74 Å². The predicted octanol–water partition coefficient (Wildman–Crippen LogP) is 2.88. The average Bonchev–Trinajstić information content (AvgIpc) is 2.40. The number of hydrogen-bond acceptors (Lipinski definition) is 2. The van der Waals surface area contributed by atoms with Crippen LogP contribution in [0.2, 0.25) is 0 Å². The lowest BCUT2D eigenvalue weighted by molar-refractivity contribution is -0.0579. The third-order valence-electron chi connectivity index (χ3n) is 3.96. The topological polar surface area (TPSA) is 29.5 Å². The van der Waals surface area contributed by atoms with Gasteiger partial charge in [-0.15, -0.1) is 0 Å². The van der Waals surface area contributed by atoms with Crippen LogP contribution in [0.3, 0.4) is 0 Å². The van der Waals surface area contributed by atoms with E-state index in [9.17, 15) is 5.11 Å². The molecule has 0 aromatic heterocycles. The molecule has 1 fully saturated rings. The van der Waals surface area contributed by atoms with Gasteiger partial charge in [-0.05, 0) is 43.2 Å². The molecular weight excluding hydrogens is 212 g/mol. The van der Waals surface area contributed by atoms with Crippen molar-refractivity contribution in [3.8, 4) is 0 Å². The summed E-state index contributed by atoms with van der Waals surface area (Å²) in [6.45, 7) is 5.62. The quantitative estimate of drug-likeness (QED) is 0.871. The van der Waals surface area contributed by atoms with E-state index in [-0.39, 0.29) is 0 Å². The molecule has 1 aromatic rings. The Morgan fingerprint density at radius 2 is 1.82 bits per heavy atom. The molecule has 2 heteroatoms. The van der Waals surface area contributed by atoms with Crippen LogP contribution in [-0.4, -0.2) is 18.3 Å². The highest BCUT2D eigenvalue weighted by Crippen LogP contribution is 2.35. The van der Waals surface area contributed by atoms with Gasteiger partial charge in [-0.1, -0.05) is 31.2 Å². The van der Waals surface area contributed by atoms with Gasteiger partial charge in [0.05, 0.1) is 5.60 Å². The van der Waals surface area contributed by atoms with Crippen LogP contribution >= 0.6 is 0 Å². The van der Waals surface area contributed by atoms with E-state index in [1.54, 1.807) is 0 Å². The molecule has 0 amide bonds. The number of aliphatic hydroxyl groups is 1. The van der Waals surface area contributed by atoms with Gasteiger partial charge in [0, 0.05) is 13.2 Å². The van der Waals surface area contributed by atoms with E-state index in [0.29, 0.717) is 5.92 Å². The average molecular weight is 234 g/mol. The zero-order chi connectivity index (χ0) is 12.3. The fourth-order valence-electron chi connectivity index (χ4n) is 2.57. The molecule has 2 nitrogen and oxygen atoms in total. The minimum absolute atomic E-state index is 0.309.